The number of aliphatic hydroxyl groups is 2. The maximum atomic E-state index is 12.0. The molecule has 0 spiro atoms. The Hall–Kier alpha value is -3.14. The minimum absolute atomic E-state index is 0.0390. The van der Waals surface area contributed by atoms with Gasteiger partial charge in [-0.25, -0.2) is 10.6 Å². The molecule has 2 aromatic carbocycles. The van der Waals surface area contributed by atoms with Gasteiger partial charge < -0.3 is 25.0 Å². The van der Waals surface area contributed by atoms with Gasteiger partial charge in [-0.2, -0.15) is 0 Å². The average Bonchev–Trinajstić information content (AvgIpc) is 2.76. The Labute approximate surface area is 168 Å². The molecule has 0 aromatic heterocycles. The molecule has 0 fully saturated rings. The number of hydrogen-bond donors (Lipinski definition) is 5. The molecule has 0 heterocycles. The van der Waals surface area contributed by atoms with Crippen LogP contribution in [0.25, 0.3) is 0 Å². The zero-order valence-corrected chi connectivity index (χ0v) is 16.0. The number of benzene rings is 2. The highest BCUT2D eigenvalue weighted by Gasteiger charge is 2.24. The second-order valence-corrected chi connectivity index (χ2v) is 6.22. The Morgan fingerprint density at radius 2 is 1.86 bits per heavy atom. The Balaban J connectivity index is 1.88. The molecule has 0 aliphatic rings. The summed E-state index contributed by atoms with van der Waals surface area (Å²) in [4.78, 5) is 23.7. The maximum absolute atomic E-state index is 12.0. The van der Waals surface area contributed by atoms with E-state index in [9.17, 15) is 19.8 Å². The number of nitrogens with two attached hydrogens (primary N) is 1. The number of hydrogen-bond acceptors (Lipinski definition) is 7. The van der Waals surface area contributed by atoms with Gasteiger partial charge >= 0.3 is 6.09 Å². The van der Waals surface area contributed by atoms with Crippen molar-refractivity contribution in [3.05, 3.63) is 65.2 Å². The zero-order chi connectivity index (χ0) is 21.2. The number of aliphatic hydroxyl groups excluding tert-OH is 2. The number of ether oxygens (including phenoxy) is 2. The normalized spacial score (nSPS) is 12.6. The van der Waals surface area contributed by atoms with E-state index >= 15 is 0 Å². The highest BCUT2D eigenvalue weighted by molar-refractivity contribution is 5.95. The monoisotopic (exact) mass is 403 g/mol. The fourth-order valence-corrected chi connectivity index (χ4v) is 2.66. The Bertz CT molecular complexity index is 815. The van der Waals surface area contributed by atoms with E-state index in [-0.39, 0.29) is 30.7 Å². The third-order valence-corrected chi connectivity index (χ3v) is 4.24. The smallest absolute Gasteiger partial charge is 0.407 e. The fraction of sp³-hybridized carbons (Fsp3) is 0.300. The first kappa shape index (κ1) is 22.2. The summed E-state index contributed by atoms with van der Waals surface area (Å²) in [7, 11) is 1.44. The molecule has 6 N–H and O–H groups in total. The van der Waals surface area contributed by atoms with Crippen LogP contribution in [0.15, 0.2) is 48.5 Å². The second kappa shape index (κ2) is 11.0. The topological polar surface area (TPSA) is 143 Å². The number of carbonyl (C=O) groups excluding carboxylic acids is 2. The molecule has 2 amide bonds. The second-order valence-electron chi connectivity index (χ2n) is 6.22. The summed E-state index contributed by atoms with van der Waals surface area (Å²) in [5.74, 6) is 4.95. The van der Waals surface area contributed by atoms with Crippen LogP contribution in [0.2, 0.25) is 0 Å². The van der Waals surface area contributed by atoms with Gasteiger partial charge in [0, 0.05) is 6.54 Å². The highest BCUT2D eigenvalue weighted by atomic mass is 16.5. The number of rotatable bonds is 9. The molecule has 2 atom stereocenters. The predicted molar refractivity (Wildman–Crippen MR) is 105 cm³/mol. The number of nitrogen functional groups attached to an aromatic ring is 1. The van der Waals surface area contributed by atoms with Crippen LogP contribution in [0, 0.1) is 0 Å². The first-order valence-electron chi connectivity index (χ1n) is 8.95. The molecule has 2 aromatic rings. The number of alkyl carbamates (subject to hydrolysis) is 1. The van der Waals surface area contributed by atoms with Gasteiger partial charge in [-0.15, -0.1) is 0 Å². The van der Waals surface area contributed by atoms with E-state index in [1.54, 1.807) is 6.07 Å². The third kappa shape index (κ3) is 6.46. The summed E-state index contributed by atoms with van der Waals surface area (Å²) >= 11 is 0. The number of nitrogens with one attached hydrogen (secondary N) is 2. The number of hydrazine groups is 1. The van der Waals surface area contributed by atoms with Crippen LogP contribution in [0.3, 0.4) is 0 Å². The summed E-state index contributed by atoms with van der Waals surface area (Å²) in [6.45, 7) is 0.196. The lowest BCUT2D eigenvalue weighted by Gasteiger charge is -2.21. The van der Waals surface area contributed by atoms with Crippen LogP contribution < -0.4 is 21.3 Å². The van der Waals surface area contributed by atoms with Gasteiger partial charge in [0.15, 0.2) is 0 Å². The molecule has 2 unspecified atom stereocenters. The minimum atomic E-state index is -1.37. The standard InChI is InChI=1S/C20H25N3O6/c1-28-14-7-8-15(16(11-14)19(26)23-21)18(25)17(24)9-10-22-20(27)29-12-13-5-3-2-4-6-13/h2-8,11,17-18,24-25H,9-10,12,21H2,1H3,(H,22,27)(H,23,26). The predicted octanol–water partition coefficient (Wildman–Crippen LogP) is 1.01. The zero-order valence-electron chi connectivity index (χ0n) is 16.0. The number of methoxy groups -OCH3 is 1. The van der Waals surface area contributed by atoms with Crippen molar-refractivity contribution in [2.45, 2.75) is 25.2 Å². The summed E-state index contributed by atoms with van der Waals surface area (Å²) in [6.07, 6.45) is -3.20. The lowest BCUT2D eigenvalue weighted by molar-refractivity contribution is 0.0131. The van der Waals surface area contributed by atoms with Crippen LogP contribution in [-0.4, -0.2) is 42.0 Å². The molecule has 0 aliphatic heterocycles. The molecule has 2 rings (SSSR count). The quantitative estimate of drug-likeness (QED) is 0.239. The van der Waals surface area contributed by atoms with E-state index in [1.807, 2.05) is 35.8 Å². The Morgan fingerprint density at radius 1 is 1.14 bits per heavy atom. The largest absolute Gasteiger partial charge is 0.497 e. The van der Waals surface area contributed by atoms with E-state index in [0.717, 1.165) is 5.56 Å². The Kier molecular flexibility index (Phi) is 8.41. The number of amides is 2. The van der Waals surface area contributed by atoms with Crippen molar-refractivity contribution < 1.29 is 29.3 Å². The maximum Gasteiger partial charge on any atom is 0.407 e. The molecule has 156 valence electrons. The van der Waals surface area contributed by atoms with E-state index in [1.165, 1.54) is 19.2 Å². The molecular formula is C20H25N3O6. The molecule has 29 heavy (non-hydrogen) atoms. The fourth-order valence-electron chi connectivity index (χ4n) is 2.66. The van der Waals surface area contributed by atoms with E-state index in [0.29, 0.717) is 5.75 Å². The lowest BCUT2D eigenvalue weighted by atomic mass is 9.96. The SMILES string of the molecule is COc1ccc(C(O)C(O)CCNC(=O)OCc2ccccc2)c(C(=O)NN)c1. The summed E-state index contributed by atoms with van der Waals surface area (Å²) in [5.41, 5.74) is 3.11. The molecule has 0 saturated carbocycles. The Morgan fingerprint density at radius 3 is 2.52 bits per heavy atom. The van der Waals surface area contributed by atoms with Crippen molar-refractivity contribution in [3.8, 4) is 5.75 Å². The minimum Gasteiger partial charge on any atom is -0.497 e. The lowest BCUT2D eigenvalue weighted by Crippen LogP contribution is -2.33. The van der Waals surface area contributed by atoms with Crippen LogP contribution in [0.1, 0.15) is 34.0 Å². The first-order valence-corrected chi connectivity index (χ1v) is 8.95. The molecular weight excluding hydrogens is 378 g/mol. The van der Waals surface area contributed by atoms with Gasteiger partial charge in [0.1, 0.15) is 18.5 Å². The van der Waals surface area contributed by atoms with Gasteiger partial charge in [0.05, 0.1) is 18.8 Å². The van der Waals surface area contributed by atoms with Gasteiger partial charge in [0.25, 0.3) is 5.91 Å². The van der Waals surface area contributed by atoms with E-state index < -0.39 is 24.2 Å². The van der Waals surface area contributed by atoms with Gasteiger partial charge in [0.2, 0.25) is 0 Å². The highest BCUT2D eigenvalue weighted by Crippen LogP contribution is 2.26. The number of carbonyl (C=O) groups is 2. The van der Waals surface area contributed by atoms with Gasteiger partial charge in [-0.1, -0.05) is 36.4 Å². The van der Waals surface area contributed by atoms with Crippen LogP contribution in [0.4, 0.5) is 4.79 Å². The van der Waals surface area contributed by atoms with Crippen molar-refractivity contribution in [2.75, 3.05) is 13.7 Å². The van der Waals surface area contributed by atoms with E-state index in [2.05, 4.69) is 5.32 Å². The molecule has 0 radical (unpaired) electrons. The summed E-state index contributed by atoms with van der Waals surface area (Å²) < 4.78 is 10.1. The molecule has 9 nitrogen and oxygen atoms in total. The molecule has 9 heteroatoms. The molecule has 0 saturated heterocycles. The van der Waals surface area contributed by atoms with Crippen molar-refractivity contribution >= 4 is 12.0 Å². The summed E-state index contributed by atoms with van der Waals surface area (Å²) in [6, 6.07) is 13.6. The van der Waals surface area contributed by atoms with Gasteiger partial charge in [-0.05, 0) is 29.7 Å². The third-order valence-electron chi connectivity index (χ3n) is 4.24. The van der Waals surface area contributed by atoms with Crippen molar-refractivity contribution in [3.63, 3.8) is 0 Å². The van der Waals surface area contributed by atoms with Crippen molar-refractivity contribution in [1.29, 1.82) is 0 Å². The van der Waals surface area contributed by atoms with Crippen molar-refractivity contribution in [1.82, 2.24) is 10.7 Å². The van der Waals surface area contributed by atoms with Gasteiger partial charge in [-0.3, -0.25) is 10.2 Å². The average molecular weight is 403 g/mol. The van der Waals surface area contributed by atoms with Crippen LogP contribution >= 0.6 is 0 Å². The van der Waals surface area contributed by atoms with Crippen molar-refractivity contribution in [2.24, 2.45) is 5.84 Å². The molecule has 0 bridgehead atoms. The van der Waals surface area contributed by atoms with Crippen LogP contribution in [-0.2, 0) is 11.3 Å². The molecule has 0 aliphatic carbocycles. The summed E-state index contributed by atoms with van der Waals surface area (Å²) in [5, 5.41) is 23.2. The first-order chi connectivity index (χ1) is 14.0. The van der Waals surface area contributed by atoms with E-state index in [4.69, 9.17) is 15.3 Å². The van der Waals surface area contributed by atoms with Crippen LogP contribution in [0.5, 0.6) is 5.75 Å².